The molecule has 2 aromatic rings. The summed E-state index contributed by atoms with van der Waals surface area (Å²) < 4.78 is 0. The maximum atomic E-state index is 5.66. The number of aryl methyl sites for hydroxylation is 2. The highest BCUT2D eigenvalue weighted by Gasteiger charge is 2.12. The Morgan fingerprint density at radius 1 is 1.28 bits per heavy atom. The molecule has 3 N–H and O–H groups in total. The normalized spacial score (nSPS) is 12.4. The van der Waals surface area contributed by atoms with E-state index in [0.717, 1.165) is 12.0 Å². The lowest BCUT2D eigenvalue weighted by Crippen LogP contribution is -2.29. The molecule has 0 amide bonds. The summed E-state index contributed by atoms with van der Waals surface area (Å²) in [5, 5.41) is 0. The molecule has 0 fully saturated rings. The highest BCUT2D eigenvalue weighted by molar-refractivity contribution is 5.32. The number of nitrogens with two attached hydrogens (primary N) is 1. The van der Waals surface area contributed by atoms with Crippen molar-refractivity contribution in [1.29, 1.82) is 0 Å². The predicted molar refractivity (Wildman–Crippen MR) is 73.9 cm³/mol. The van der Waals surface area contributed by atoms with Crippen LogP contribution in [0, 0.1) is 13.8 Å². The van der Waals surface area contributed by atoms with E-state index >= 15 is 0 Å². The average Bonchev–Trinajstić information content (AvgIpc) is 2.41. The molecule has 0 spiro atoms. The van der Waals surface area contributed by atoms with E-state index in [-0.39, 0.29) is 6.04 Å². The van der Waals surface area contributed by atoms with Gasteiger partial charge in [0.25, 0.3) is 0 Å². The maximum absolute atomic E-state index is 5.66. The quantitative estimate of drug-likeness (QED) is 0.638. The number of nitrogens with zero attached hydrogens (tertiary/aromatic N) is 1. The van der Waals surface area contributed by atoms with E-state index in [1.807, 2.05) is 18.3 Å². The first kappa shape index (κ1) is 12.7. The van der Waals surface area contributed by atoms with E-state index in [1.165, 1.54) is 16.7 Å². The molecule has 1 aromatic carbocycles. The molecule has 0 aliphatic carbocycles. The Bertz CT molecular complexity index is 508. The summed E-state index contributed by atoms with van der Waals surface area (Å²) >= 11 is 0. The highest BCUT2D eigenvalue weighted by Crippen LogP contribution is 2.20. The van der Waals surface area contributed by atoms with E-state index in [0.29, 0.717) is 0 Å². The van der Waals surface area contributed by atoms with Crippen LogP contribution in [0.1, 0.15) is 28.3 Å². The Labute approximate surface area is 108 Å². The van der Waals surface area contributed by atoms with Gasteiger partial charge in [-0.15, -0.1) is 0 Å². The monoisotopic (exact) mass is 241 g/mol. The standard InChI is InChI=1S/C15H19N3/c1-11-5-6-12(2)14(8-11)9-15(18-16)13-4-3-7-17-10-13/h3-8,10,15,18H,9,16H2,1-2H3. The van der Waals surface area contributed by atoms with Gasteiger partial charge in [0.2, 0.25) is 0 Å². The van der Waals surface area contributed by atoms with Gasteiger partial charge in [-0.2, -0.15) is 0 Å². The fourth-order valence-corrected chi connectivity index (χ4v) is 2.10. The van der Waals surface area contributed by atoms with Crippen LogP contribution in [0.4, 0.5) is 0 Å². The third-order valence-electron chi connectivity index (χ3n) is 3.22. The van der Waals surface area contributed by atoms with Crippen molar-refractivity contribution in [3.63, 3.8) is 0 Å². The second-order valence-corrected chi connectivity index (χ2v) is 4.64. The molecule has 94 valence electrons. The van der Waals surface area contributed by atoms with Crippen molar-refractivity contribution in [3.8, 4) is 0 Å². The molecule has 3 heteroatoms. The summed E-state index contributed by atoms with van der Waals surface area (Å²) in [7, 11) is 0. The lowest BCUT2D eigenvalue weighted by atomic mass is 9.96. The third kappa shape index (κ3) is 2.94. The predicted octanol–water partition coefficient (Wildman–Crippen LogP) is 2.45. The van der Waals surface area contributed by atoms with Gasteiger partial charge in [-0.05, 0) is 43.0 Å². The van der Waals surface area contributed by atoms with E-state index in [9.17, 15) is 0 Å². The number of nitrogens with one attached hydrogen (secondary N) is 1. The molecule has 0 bridgehead atoms. The van der Waals surface area contributed by atoms with Gasteiger partial charge in [0.15, 0.2) is 0 Å². The highest BCUT2D eigenvalue weighted by atomic mass is 15.2. The average molecular weight is 241 g/mol. The molecule has 18 heavy (non-hydrogen) atoms. The Kier molecular flexibility index (Phi) is 4.07. The van der Waals surface area contributed by atoms with Crippen LogP contribution in [0.5, 0.6) is 0 Å². The summed E-state index contributed by atoms with van der Waals surface area (Å²) in [6.07, 6.45) is 4.50. The summed E-state index contributed by atoms with van der Waals surface area (Å²) in [6, 6.07) is 10.6. The van der Waals surface area contributed by atoms with Crippen molar-refractivity contribution >= 4 is 0 Å². The van der Waals surface area contributed by atoms with Crippen LogP contribution in [0.25, 0.3) is 0 Å². The van der Waals surface area contributed by atoms with E-state index in [1.54, 1.807) is 6.20 Å². The Morgan fingerprint density at radius 3 is 2.78 bits per heavy atom. The number of benzene rings is 1. The maximum Gasteiger partial charge on any atom is 0.0515 e. The number of pyridine rings is 1. The fraction of sp³-hybridized carbons (Fsp3) is 0.267. The number of rotatable bonds is 4. The van der Waals surface area contributed by atoms with Crippen LogP contribution in [-0.4, -0.2) is 4.98 Å². The Balaban J connectivity index is 2.23. The van der Waals surface area contributed by atoms with Crippen LogP contribution in [0.15, 0.2) is 42.7 Å². The van der Waals surface area contributed by atoms with Crippen molar-refractivity contribution in [1.82, 2.24) is 10.4 Å². The molecule has 0 aliphatic heterocycles. The van der Waals surface area contributed by atoms with Gasteiger partial charge in [-0.1, -0.05) is 29.8 Å². The van der Waals surface area contributed by atoms with Crippen molar-refractivity contribution in [2.45, 2.75) is 26.3 Å². The fourth-order valence-electron chi connectivity index (χ4n) is 2.10. The minimum absolute atomic E-state index is 0.0965. The number of hydrogen-bond donors (Lipinski definition) is 2. The topological polar surface area (TPSA) is 50.9 Å². The first-order chi connectivity index (χ1) is 8.70. The molecule has 0 radical (unpaired) electrons. The molecule has 3 nitrogen and oxygen atoms in total. The van der Waals surface area contributed by atoms with Gasteiger partial charge in [-0.3, -0.25) is 16.3 Å². The van der Waals surface area contributed by atoms with E-state index in [2.05, 4.69) is 42.5 Å². The van der Waals surface area contributed by atoms with Crippen LogP contribution in [-0.2, 0) is 6.42 Å². The largest absolute Gasteiger partial charge is 0.271 e. The lowest BCUT2D eigenvalue weighted by Gasteiger charge is -2.17. The van der Waals surface area contributed by atoms with Crippen LogP contribution < -0.4 is 11.3 Å². The minimum Gasteiger partial charge on any atom is -0.271 e. The van der Waals surface area contributed by atoms with Crippen molar-refractivity contribution in [3.05, 3.63) is 65.0 Å². The molecule has 1 unspecified atom stereocenters. The molecule has 2 rings (SSSR count). The summed E-state index contributed by atoms with van der Waals surface area (Å²) in [5.74, 6) is 5.66. The van der Waals surface area contributed by atoms with Crippen molar-refractivity contribution in [2.75, 3.05) is 0 Å². The number of hydrazine groups is 1. The Hall–Kier alpha value is -1.71. The summed E-state index contributed by atoms with van der Waals surface area (Å²) in [6.45, 7) is 4.24. The Morgan fingerprint density at radius 2 is 2.11 bits per heavy atom. The van der Waals surface area contributed by atoms with Crippen LogP contribution in [0.3, 0.4) is 0 Å². The van der Waals surface area contributed by atoms with Crippen LogP contribution in [0.2, 0.25) is 0 Å². The van der Waals surface area contributed by atoms with Crippen molar-refractivity contribution in [2.24, 2.45) is 5.84 Å². The molecule has 1 heterocycles. The van der Waals surface area contributed by atoms with E-state index in [4.69, 9.17) is 5.84 Å². The zero-order valence-electron chi connectivity index (χ0n) is 10.9. The summed E-state index contributed by atoms with van der Waals surface area (Å²) in [5.41, 5.74) is 7.88. The number of aromatic nitrogens is 1. The van der Waals surface area contributed by atoms with Gasteiger partial charge < -0.3 is 0 Å². The smallest absolute Gasteiger partial charge is 0.0515 e. The van der Waals surface area contributed by atoms with Crippen molar-refractivity contribution < 1.29 is 0 Å². The molecular weight excluding hydrogens is 222 g/mol. The van der Waals surface area contributed by atoms with E-state index < -0.39 is 0 Å². The molecular formula is C15H19N3. The second kappa shape index (κ2) is 5.76. The molecule has 1 atom stereocenters. The molecule has 0 saturated heterocycles. The second-order valence-electron chi connectivity index (χ2n) is 4.64. The number of hydrogen-bond acceptors (Lipinski definition) is 3. The van der Waals surface area contributed by atoms with Gasteiger partial charge in [0, 0.05) is 12.4 Å². The molecule has 0 aliphatic rings. The van der Waals surface area contributed by atoms with Gasteiger partial charge in [0.05, 0.1) is 6.04 Å². The zero-order valence-corrected chi connectivity index (χ0v) is 10.9. The van der Waals surface area contributed by atoms with Gasteiger partial charge in [0.1, 0.15) is 0 Å². The molecule has 1 aromatic heterocycles. The zero-order chi connectivity index (χ0) is 13.0. The van der Waals surface area contributed by atoms with Gasteiger partial charge in [-0.25, -0.2) is 0 Å². The SMILES string of the molecule is Cc1ccc(C)c(CC(NN)c2cccnc2)c1. The lowest BCUT2D eigenvalue weighted by molar-refractivity contribution is 0.549. The van der Waals surface area contributed by atoms with Crippen LogP contribution >= 0.6 is 0 Å². The third-order valence-corrected chi connectivity index (χ3v) is 3.22. The first-order valence-electron chi connectivity index (χ1n) is 6.13. The minimum atomic E-state index is 0.0965. The summed E-state index contributed by atoms with van der Waals surface area (Å²) in [4.78, 5) is 4.14. The van der Waals surface area contributed by atoms with Gasteiger partial charge >= 0.3 is 0 Å². The first-order valence-corrected chi connectivity index (χ1v) is 6.13. The molecule has 0 saturated carbocycles.